The van der Waals surface area contributed by atoms with E-state index in [4.69, 9.17) is 9.15 Å². The number of fused-ring (bicyclic) bond motifs is 2. The third-order valence-electron chi connectivity index (χ3n) is 7.77. The van der Waals surface area contributed by atoms with Gasteiger partial charge >= 0.3 is 57.3 Å². The molecule has 1 aromatic heterocycles. The summed E-state index contributed by atoms with van der Waals surface area (Å²) in [4.78, 5) is 1.88. The van der Waals surface area contributed by atoms with Gasteiger partial charge in [-0.3, -0.25) is 4.55 Å². The summed E-state index contributed by atoms with van der Waals surface area (Å²) in [5.41, 5.74) is 7.14. The first kappa shape index (κ1) is 36.5. The molecule has 238 valence electrons. The van der Waals surface area contributed by atoms with E-state index in [0.29, 0.717) is 36.1 Å². The van der Waals surface area contributed by atoms with E-state index in [1.54, 1.807) is 0 Å². The molecule has 10 nitrogen and oxygen atoms in total. The number of anilines is 1. The molecule has 0 radical (unpaired) electrons. The maximum absolute atomic E-state index is 11.4. The Kier molecular flexibility index (Phi) is 12.1. The Balaban J connectivity index is 0.00000480. The molecule has 2 heterocycles. The summed E-state index contributed by atoms with van der Waals surface area (Å²) in [6, 6.07) is 19.6. The second-order valence-electron chi connectivity index (χ2n) is 11.1. The van der Waals surface area contributed by atoms with Crippen LogP contribution in [0.2, 0.25) is 0 Å². The van der Waals surface area contributed by atoms with Crippen molar-refractivity contribution in [3.8, 4) is 16.9 Å². The molecule has 1 aliphatic heterocycles. The molecule has 4 aromatic rings. The molecule has 0 amide bonds. The Labute approximate surface area is 312 Å². The summed E-state index contributed by atoms with van der Waals surface area (Å²) >= 11 is 0. The second kappa shape index (κ2) is 15.3. The molecule has 0 saturated heterocycles. The van der Waals surface area contributed by atoms with Gasteiger partial charge in [0.05, 0.1) is 27.6 Å². The van der Waals surface area contributed by atoms with Gasteiger partial charge in [-0.1, -0.05) is 43.3 Å². The largest absolute Gasteiger partial charge is 1.00 e. The van der Waals surface area contributed by atoms with Gasteiger partial charge in [-0.25, -0.2) is 8.42 Å². The number of aromatic nitrogens is 1. The summed E-state index contributed by atoms with van der Waals surface area (Å²) in [6.07, 6.45) is 4.62. The fourth-order valence-corrected chi connectivity index (χ4v) is 6.28. The summed E-state index contributed by atoms with van der Waals surface area (Å²) < 4.78 is 80.7. The predicted molar refractivity (Wildman–Crippen MR) is 172 cm³/mol. The average Bonchev–Trinajstić information content (AvgIpc) is 3.48. The van der Waals surface area contributed by atoms with Crippen LogP contribution in [0.5, 0.6) is 5.75 Å². The first-order valence-electron chi connectivity index (χ1n) is 14.7. The molecule has 3 aromatic carbocycles. The summed E-state index contributed by atoms with van der Waals surface area (Å²) in [5, 5.41) is 0. The van der Waals surface area contributed by atoms with Crippen molar-refractivity contribution in [3.05, 3.63) is 95.2 Å². The number of rotatable bonds is 12. The average molecular weight is 692 g/mol. The van der Waals surface area contributed by atoms with Crippen LogP contribution in [0, 0.1) is 13.8 Å². The fourth-order valence-electron chi connectivity index (χ4n) is 5.31. The van der Waals surface area contributed by atoms with Crippen molar-refractivity contribution in [1.29, 1.82) is 0 Å². The molecular weight excluding hydrogens is 656 g/mol. The Morgan fingerprint density at radius 1 is 0.957 bits per heavy atom. The van der Waals surface area contributed by atoms with E-state index >= 15 is 0 Å². The predicted octanol–water partition coefficient (Wildman–Crippen LogP) is 2.76. The van der Waals surface area contributed by atoms with Gasteiger partial charge in [0.25, 0.3) is 15.6 Å². The SMILES string of the molecule is CCC(/C=C1\Oc2ccc(-c3ccccc3)cc2N1CCCS(=O)(=O)[O-])=C\c1oc2cc(C)c(C)cc2[n+]1CCCS(=O)(=O)O.[K+]. The van der Waals surface area contributed by atoms with Crippen LogP contribution in [-0.4, -0.2) is 44.0 Å². The van der Waals surface area contributed by atoms with Crippen LogP contribution >= 0.6 is 0 Å². The molecule has 0 unspecified atom stereocenters. The van der Waals surface area contributed by atoms with Crippen LogP contribution in [0.1, 0.15) is 43.2 Å². The Morgan fingerprint density at radius 3 is 2.35 bits per heavy atom. The van der Waals surface area contributed by atoms with Gasteiger partial charge < -0.3 is 18.6 Å². The molecule has 1 N–H and O–H groups in total. The van der Waals surface area contributed by atoms with Crippen molar-refractivity contribution in [1.82, 2.24) is 0 Å². The molecule has 46 heavy (non-hydrogen) atoms. The molecule has 0 bridgehead atoms. The number of oxazole rings is 1. The van der Waals surface area contributed by atoms with Gasteiger partial charge in [-0.05, 0) is 72.7 Å². The zero-order valence-corrected chi connectivity index (χ0v) is 31.1. The van der Waals surface area contributed by atoms with Crippen LogP contribution in [0.3, 0.4) is 0 Å². The van der Waals surface area contributed by atoms with E-state index < -0.39 is 26.0 Å². The maximum Gasteiger partial charge on any atom is 1.00 e. The van der Waals surface area contributed by atoms with Gasteiger partial charge in [0.15, 0.2) is 12.3 Å². The van der Waals surface area contributed by atoms with Gasteiger partial charge in [0.2, 0.25) is 11.5 Å². The van der Waals surface area contributed by atoms with Crippen LogP contribution < -0.4 is 65.6 Å². The van der Waals surface area contributed by atoms with Crippen LogP contribution in [0.25, 0.3) is 28.3 Å². The normalized spacial score (nSPS) is 14.4. The van der Waals surface area contributed by atoms with Gasteiger partial charge in [-0.2, -0.15) is 13.0 Å². The Hall–Kier alpha value is -2.33. The van der Waals surface area contributed by atoms with E-state index in [2.05, 4.69) is 0 Å². The molecule has 0 fully saturated rings. The summed E-state index contributed by atoms with van der Waals surface area (Å²) in [7, 11) is -8.51. The van der Waals surface area contributed by atoms with Crippen molar-refractivity contribution in [3.63, 3.8) is 0 Å². The maximum atomic E-state index is 11.4. The summed E-state index contributed by atoms with van der Waals surface area (Å²) in [6.45, 7) is 6.50. The van der Waals surface area contributed by atoms with Crippen LogP contribution in [-0.2, 0) is 26.8 Å². The Morgan fingerprint density at radius 2 is 1.67 bits per heavy atom. The van der Waals surface area contributed by atoms with Crippen LogP contribution in [0.4, 0.5) is 5.69 Å². The van der Waals surface area contributed by atoms with Crippen molar-refractivity contribution < 1.29 is 91.0 Å². The monoisotopic (exact) mass is 691 g/mol. The van der Waals surface area contributed by atoms with E-state index in [1.165, 1.54) is 0 Å². The van der Waals surface area contributed by atoms with E-state index in [0.717, 1.165) is 39.0 Å². The number of hydrogen-bond donors (Lipinski definition) is 1. The second-order valence-corrected chi connectivity index (χ2v) is 14.2. The van der Waals surface area contributed by atoms with E-state index in [1.807, 2.05) is 103 Å². The molecule has 1 aliphatic rings. The van der Waals surface area contributed by atoms with Gasteiger partial charge in [-0.15, -0.1) is 0 Å². The molecule has 0 aliphatic carbocycles. The number of aryl methyl sites for hydroxylation is 3. The number of benzene rings is 3. The Bertz CT molecular complexity index is 2000. The molecule has 0 saturated carbocycles. The third kappa shape index (κ3) is 9.17. The van der Waals surface area contributed by atoms with E-state index in [9.17, 15) is 25.9 Å². The molecular formula is C33H36KN2O8S2+. The summed E-state index contributed by atoms with van der Waals surface area (Å²) in [5.74, 6) is 0.715. The molecule has 0 spiro atoms. The number of hydrogen-bond acceptors (Lipinski definition) is 8. The van der Waals surface area contributed by atoms with Crippen molar-refractivity contribution in [2.45, 2.75) is 46.6 Å². The third-order valence-corrected chi connectivity index (χ3v) is 9.36. The topological polar surface area (TPSA) is 141 Å². The van der Waals surface area contributed by atoms with Crippen LogP contribution in [0.15, 0.2) is 82.6 Å². The molecule has 0 atom stereocenters. The van der Waals surface area contributed by atoms with Crippen molar-refractivity contribution >= 4 is 43.1 Å². The first-order chi connectivity index (χ1) is 21.3. The molecule has 13 heteroatoms. The fraction of sp³-hybridized carbons (Fsp3) is 0.303. The zero-order chi connectivity index (χ0) is 32.4. The van der Waals surface area contributed by atoms with Gasteiger partial charge in [0.1, 0.15) is 0 Å². The van der Waals surface area contributed by atoms with Crippen molar-refractivity contribution in [2.75, 3.05) is 23.0 Å². The minimum atomic E-state index is -4.39. The number of nitrogens with zero attached hydrogens (tertiary/aromatic N) is 2. The van der Waals surface area contributed by atoms with Crippen molar-refractivity contribution in [2.24, 2.45) is 0 Å². The minimum absolute atomic E-state index is 0. The minimum Gasteiger partial charge on any atom is -0.748 e. The first-order valence-corrected chi connectivity index (χ1v) is 17.9. The van der Waals surface area contributed by atoms with E-state index in [-0.39, 0.29) is 76.5 Å². The van der Waals surface area contributed by atoms with Gasteiger partial charge in [0, 0.05) is 30.9 Å². The standard InChI is InChI=1S/C33H36N2O8S2.K/c1-4-25(21-33-34(14-8-16-44(36,37)38)28-18-23(2)24(3)19-31(28)43-33)20-32-35(15-9-17-45(39,40)41)29-22-27(12-13-30(29)42-32)26-10-6-5-7-11-26;/h5-7,10-13,18-22H,4,8-9,14-17H2,1-3H3,(H-,36,37,38,39,40,41);/q;+1. The molecule has 5 rings (SSSR count). The zero-order valence-electron chi connectivity index (χ0n) is 26.4. The smallest absolute Gasteiger partial charge is 0.748 e. The quantitative estimate of drug-likeness (QED) is 0.135. The number of ether oxygens (including phenoxy) is 1. The number of allylic oxidation sites excluding steroid dienone is 2.